The molecular formula is C65H119NO8. The Hall–Kier alpha value is -2.11. The van der Waals surface area contributed by atoms with Crippen molar-refractivity contribution in [2.75, 3.05) is 13.2 Å². The van der Waals surface area contributed by atoms with Crippen molar-refractivity contribution in [1.29, 1.82) is 0 Å². The minimum atomic E-state index is -1.57. The fourth-order valence-corrected chi connectivity index (χ4v) is 9.83. The van der Waals surface area contributed by atoms with Crippen LogP contribution in [0, 0.1) is 0 Å². The summed E-state index contributed by atoms with van der Waals surface area (Å²) >= 11 is 0. The second kappa shape index (κ2) is 54.3. The maximum atomic E-state index is 13.1. The molecule has 0 radical (unpaired) electrons. The predicted octanol–water partition coefficient (Wildman–Crippen LogP) is 16.2. The summed E-state index contributed by atoms with van der Waals surface area (Å²) in [6, 6.07) is -0.826. The maximum absolute atomic E-state index is 13.1. The number of hydrogen-bond acceptors (Lipinski definition) is 8. The number of carbonyl (C=O) groups excluding carboxylic acids is 1. The number of carbonyl (C=O) groups is 1. The largest absolute Gasteiger partial charge is 0.394 e. The second-order valence-electron chi connectivity index (χ2n) is 21.8. The number of unbranched alkanes of at least 4 members (excludes halogenated alkanes) is 36. The molecule has 7 unspecified atom stereocenters. The van der Waals surface area contributed by atoms with Crippen LogP contribution in [0.3, 0.4) is 0 Å². The number of aliphatic hydroxyl groups excluding tert-OH is 5. The van der Waals surface area contributed by atoms with E-state index < -0.39 is 49.5 Å². The molecule has 1 fully saturated rings. The molecule has 432 valence electrons. The third-order valence-electron chi connectivity index (χ3n) is 14.8. The zero-order chi connectivity index (χ0) is 53.6. The highest BCUT2D eigenvalue weighted by Gasteiger charge is 2.44. The monoisotopic (exact) mass is 1040 g/mol. The van der Waals surface area contributed by atoms with Gasteiger partial charge in [-0.2, -0.15) is 0 Å². The summed E-state index contributed by atoms with van der Waals surface area (Å²) in [5.74, 6) is -0.187. The highest BCUT2D eigenvalue weighted by Crippen LogP contribution is 2.23. The maximum Gasteiger partial charge on any atom is 0.220 e. The SMILES string of the molecule is CCCCCCC/C=C\C/C=C\C/C=C\CCCCCCCCCCCCCCC(=O)NC(COC1OC(CO)C(O)C(O)C1O)C(O)/C=C/CC/C=C/CCCCCCCCCCCCCCCCCCCC. The number of nitrogens with one attached hydrogen (secondary N) is 1. The first-order valence-electron chi connectivity index (χ1n) is 31.5. The highest BCUT2D eigenvalue weighted by atomic mass is 16.7. The first kappa shape index (κ1) is 69.9. The quantitative estimate of drug-likeness (QED) is 0.0261. The topological polar surface area (TPSA) is 149 Å². The van der Waals surface area contributed by atoms with Crippen LogP contribution in [0.2, 0.25) is 0 Å². The second-order valence-corrected chi connectivity index (χ2v) is 21.8. The minimum absolute atomic E-state index is 0.187. The number of rotatable bonds is 54. The van der Waals surface area contributed by atoms with Gasteiger partial charge >= 0.3 is 0 Å². The summed E-state index contributed by atoms with van der Waals surface area (Å²) in [6.07, 6.45) is 67.3. The average molecular weight is 1040 g/mol. The van der Waals surface area contributed by atoms with Gasteiger partial charge in [0.05, 0.1) is 25.4 Å². The summed E-state index contributed by atoms with van der Waals surface area (Å²) in [5, 5.41) is 54.6. The Balaban J connectivity index is 2.21. The van der Waals surface area contributed by atoms with Crippen molar-refractivity contribution >= 4 is 5.91 Å². The molecule has 0 aromatic heterocycles. The van der Waals surface area contributed by atoms with Gasteiger partial charge in [0.15, 0.2) is 6.29 Å². The van der Waals surface area contributed by atoms with E-state index in [1.807, 2.05) is 6.08 Å². The van der Waals surface area contributed by atoms with Crippen LogP contribution in [0.25, 0.3) is 0 Å². The molecule has 9 nitrogen and oxygen atoms in total. The fourth-order valence-electron chi connectivity index (χ4n) is 9.83. The zero-order valence-corrected chi connectivity index (χ0v) is 48.1. The van der Waals surface area contributed by atoms with Gasteiger partial charge in [-0.1, -0.05) is 274 Å². The van der Waals surface area contributed by atoms with Gasteiger partial charge in [0.1, 0.15) is 24.4 Å². The van der Waals surface area contributed by atoms with E-state index in [1.165, 1.54) is 218 Å². The van der Waals surface area contributed by atoms with Crippen LogP contribution in [0.4, 0.5) is 0 Å². The Bertz CT molecular complexity index is 1350. The molecule has 1 aliphatic heterocycles. The molecule has 1 amide bonds. The molecule has 1 saturated heterocycles. The molecule has 1 aliphatic rings. The number of ether oxygens (including phenoxy) is 2. The first-order valence-corrected chi connectivity index (χ1v) is 31.5. The van der Waals surface area contributed by atoms with Gasteiger partial charge in [-0.15, -0.1) is 0 Å². The predicted molar refractivity (Wildman–Crippen MR) is 313 cm³/mol. The lowest BCUT2D eigenvalue weighted by Gasteiger charge is -2.40. The first-order chi connectivity index (χ1) is 36.3. The molecule has 0 saturated carbocycles. The van der Waals surface area contributed by atoms with Gasteiger partial charge in [0.25, 0.3) is 0 Å². The molecule has 1 heterocycles. The summed E-state index contributed by atoms with van der Waals surface area (Å²) in [5.41, 5.74) is 0. The Kier molecular flexibility index (Phi) is 51.3. The van der Waals surface area contributed by atoms with Gasteiger partial charge in [-0.05, 0) is 70.6 Å². The van der Waals surface area contributed by atoms with Crippen LogP contribution in [-0.2, 0) is 14.3 Å². The van der Waals surface area contributed by atoms with E-state index in [0.29, 0.717) is 6.42 Å². The minimum Gasteiger partial charge on any atom is -0.394 e. The van der Waals surface area contributed by atoms with Crippen LogP contribution < -0.4 is 5.32 Å². The Morgan fingerprint density at radius 2 is 0.811 bits per heavy atom. The van der Waals surface area contributed by atoms with Crippen molar-refractivity contribution in [2.45, 2.75) is 333 Å². The van der Waals surface area contributed by atoms with E-state index in [2.05, 4.69) is 67.8 Å². The van der Waals surface area contributed by atoms with Gasteiger partial charge in [-0.3, -0.25) is 4.79 Å². The van der Waals surface area contributed by atoms with Gasteiger partial charge in [-0.25, -0.2) is 0 Å². The van der Waals surface area contributed by atoms with E-state index >= 15 is 0 Å². The number of hydrogen-bond donors (Lipinski definition) is 6. The van der Waals surface area contributed by atoms with Gasteiger partial charge in [0, 0.05) is 6.42 Å². The van der Waals surface area contributed by atoms with Crippen LogP contribution in [0.15, 0.2) is 60.8 Å². The summed E-state index contributed by atoms with van der Waals surface area (Å²) in [7, 11) is 0. The van der Waals surface area contributed by atoms with Crippen molar-refractivity contribution in [2.24, 2.45) is 0 Å². The summed E-state index contributed by atoms with van der Waals surface area (Å²) in [4.78, 5) is 13.1. The van der Waals surface area contributed by atoms with E-state index in [9.17, 15) is 30.3 Å². The zero-order valence-electron chi connectivity index (χ0n) is 48.1. The van der Waals surface area contributed by atoms with E-state index in [0.717, 1.165) is 51.4 Å². The standard InChI is InChI=1S/C65H119NO8/c1-3-5-7-9-11-13-15-17-19-21-23-25-27-29-30-31-33-35-37-39-41-43-45-47-49-51-53-55-61(69)66-58(57-73-65-64(72)63(71)62(70)60(56-67)74-65)59(68)54-52-50-48-46-44-42-40-38-36-34-32-28-26-24-22-20-18-16-14-12-10-8-6-4-2/h15,17,21,23,27,29,44,46,52,54,58-60,62-65,67-68,70-72H,3-14,16,18-20,22,24-26,28,30-43,45,47-51,53,55-57H2,1-2H3,(H,66,69)/b17-15-,23-21-,29-27-,46-44+,54-52+. The Labute approximate surface area is 456 Å². The van der Waals surface area contributed by atoms with E-state index in [1.54, 1.807) is 6.08 Å². The fraction of sp³-hybridized carbons (Fsp3) is 0.831. The lowest BCUT2D eigenvalue weighted by molar-refractivity contribution is -0.302. The molecule has 74 heavy (non-hydrogen) atoms. The van der Waals surface area contributed by atoms with Crippen molar-refractivity contribution in [3.05, 3.63) is 60.8 Å². The molecule has 0 aliphatic carbocycles. The lowest BCUT2D eigenvalue weighted by atomic mass is 9.99. The molecule has 1 rings (SSSR count). The normalized spacial score (nSPS) is 19.4. The van der Waals surface area contributed by atoms with Gasteiger partial charge in [0.2, 0.25) is 5.91 Å². The van der Waals surface area contributed by atoms with Crippen molar-refractivity contribution in [3.8, 4) is 0 Å². The number of allylic oxidation sites excluding steroid dienone is 9. The molecule has 0 aromatic carbocycles. The molecular weight excluding hydrogens is 923 g/mol. The Morgan fingerprint density at radius 3 is 1.23 bits per heavy atom. The van der Waals surface area contributed by atoms with Crippen molar-refractivity contribution in [3.63, 3.8) is 0 Å². The number of amides is 1. The molecule has 6 N–H and O–H groups in total. The van der Waals surface area contributed by atoms with Crippen LogP contribution in [0.1, 0.15) is 290 Å². The van der Waals surface area contributed by atoms with Crippen LogP contribution >= 0.6 is 0 Å². The van der Waals surface area contributed by atoms with Crippen LogP contribution in [-0.4, -0.2) is 87.5 Å². The van der Waals surface area contributed by atoms with Gasteiger partial charge < -0.3 is 40.3 Å². The summed E-state index contributed by atoms with van der Waals surface area (Å²) in [6.45, 7) is 3.78. The average Bonchev–Trinajstić information content (AvgIpc) is 3.40. The smallest absolute Gasteiger partial charge is 0.220 e. The van der Waals surface area contributed by atoms with Crippen molar-refractivity contribution in [1.82, 2.24) is 5.32 Å². The van der Waals surface area contributed by atoms with Crippen LogP contribution in [0.5, 0.6) is 0 Å². The molecule has 0 aromatic rings. The highest BCUT2D eigenvalue weighted by molar-refractivity contribution is 5.76. The molecule has 0 bridgehead atoms. The molecule has 9 heteroatoms. The Morgan fingerprint density at radius 1 is 0.459 bits per heavy atom. The molecule has 7 atom stereocenters. The molecule has 0 spiro atoms. The lowest BCUT2D eigenvalue weighted by Crippen LogP contribution is -2.60. The summed E-state index contributed by atoms with van der Waals surface area (Å²) < 4.78 is 11.3. The van der Waals surface area contributed by atoms with E-state index in [4.69, 9.17) is 9.47 Å². The number of aliphatic hydroxyl groups is 5. The van der Waals surface area contributed by atoms with E-state index in [-0.39, 0.29) is 12.5 Å². The third kappa shape index (κ3) is 42.9. The third-order valence-corrected chi connectivity index (χ3v) is 14.8. The van der Waals surface area contributed by atoms with Crippen molar-refractivity contribution < 1.29 is 39.8 Å².